The normalized spacial score (nSPS) is 15.8. The summed E-state index contributed by atoms with van der Waals surface area (Å²) in [7, 11) is 0. The first-order valence-corrected chi connectivity index (χ1v) is 6.44. The number of hydrogen-bond acceptors (Lipinski definition) is 8. The average molecular weight is 336 g/mol. The minimum Gasteiger partial charge on any atom is -0.478 e. The molecular weight excluding hydrogens is 316 g/mol. The number of aliphatic hydroxyl groups is 2. The van der Waals surface area contributed by atoms with Crippen LogP contribution in [0, 0.1) is 0 Å². The van der Waals surface area contributed by atoms with Gasteiger partial charge in [-0.25, -0.2) is 9.59 Å². The Kier molecular flexibility index (Phi) is 7.55. The van der Waals surface area contributed by atoms with Gasteiger partial charge in [-0.05, 0) is 6.42 Å². The summed E-state index contributed by atoms with van der Waals surface area (Å²) in [5.74, 6) is -5.46. The van der Waals surface area contributed by atoms with Gasteiger partial charge in [0.2, 0.25) is 23.3 Å². The van der Waals surface area contributed by atoms with Crippen molar-refractivity contribution in [1.82, 2.24) is 10.6 Å². The van der Waals surface area contributed by atoms with E-state index in [1.165, 1.54) is 0 Å². The number of carboxylic acid groups (broad SMARTS) is 2. The van der Waals surface area contributed by atoms with Crippen LogP contribution in [0.1, 0.15) is 19.3 Å². The number of carboxylic acids is 2. The van der Waals surface area contributed by atoms with Crippen molar-refractivity contribution in [2.75, 3.05) is 13.1 Å². The summed E-state index contributed by atoms with van der Waals surface area (Å²) < 4.78 is 0. The van der Waals surface area contributed by atoms with Crippen molar-refractivity contribution in [3.8, 4) is 0 Å². The number of nitrogens with one attached hydrogen (secondary N) is 2. The minimum atomic E-state index is -2.69. The van der Waals surface area contributed by atoms with Gasteiger partial charge in [0.15, 0.2) is 0 Å². The highest BCUT2D eigenvalue weighted by Crippen LogP contribution is 2.17. The second-order valence-electron chi connectivity index (χ2n) is 4.69. The number of amides is 2. The molecule has 0 fully saturated rings. The number of rotatable bonds is 10. The first-order chi connectivity index (χ1) is 10.5. The maximum atomic E-state index is 11.1. The van der Waals surface area contributed by atoms with E-state index in [9.17, 15) is 29.4 Å². The van der Waals surface area contributed by atoms with E-state index in [-0.39, 0.29) is 6.42 Å². The van der Waals surface area contributed by atoms with Gasteiger partial charge in [0.25, 0.3) is 0 Å². The number of aliphatic carboxylic acids is 2. The molecule has 0 bridgehead atoms. The fraction of sp³-hybridized carbons (Fsp3) is 0.636. The Balaban J connectivity index is 4.90. The molecule has 12 nitrogen and oxygen atoms in total. The van der Waals surface area contributed by atoms with Gasteiger partial charge in [0, 0.05) is 12.8 Å². The Morgan fingerprint density at radius 3 is 1.30 bits per heavy atom. The van der Waals surface area contributed by atoms with Crippen LogP contribution in [0.3, 0.4) is 0 Å². The first kappa shape index (κ1) is 20.7. The molecule has 0 saturated heterocycles. The lowest BCUT2D eigenvalue weighted by atomic mass is 10.00. The van der Waals surface area contributed by atoms with Crippen LogP contribution >= 0.6 is 0 Å². The number of carbonyl (C=O) groups is 4. The lowest BCUT2D eigenvalue weighted by Gasteiger charge is -2.28. The molecule has 10 N–H and O–H groups in total. The predicted molar refractivity (Wildman–Crippen MR) is 73.4 cm³/mol. The fourth-order valence-corrected chi connectivity index (χ4v) is 1.61. The summed E-state index contributed by atoms with van der Waals surface area (Å²) in [6, 6.07) is 0. The number of hydrogen-bond donors (Lipinski definition) is 8. The number of carbonyl (C=O) groups excluding carboxylic acids is 2. The number of nitrogens with two attached hydrogens (primary N) is 2. The van der Waals surface area contributed by atoms with E-state index in [0.717, 1.165) is 0 Å². The Hall–Kier alpha value is -2.28. The van der Waals surface area contributed by atoms with Crippen LogP contribution in [-0.4, -0.2) is 68.7 Å². The van der Waals surface area contributed by atoms with Gasteiger partial charge in [-0.15, -0.1) is 0 Å². The molecule has 0 heterocycles. The zero-order chi connectivity index (χ0) is 18.3. The molecule has 2 amide bonds. The second-order valence-corrected chi connectivity index (χ2v) is 4.69. The van der Waals surface area contributed by atoms with Crippen molar-refractivity contribution in [2.45, 2.75) is 30.7 Å². The molecule has 0 radical (unpaired) electrons. The summed E-state index contributed by atoms with van der Waals surface area (Å²) in [4.78, 5) is 44.3. The quantitative estimate of drug-likeness (QED) is 0.180. The van der Waals surface area contributed by atoms with Crippen molar-refractivity contribution >= 4 is 23.8 Å². The van der Waals surface area contributed by atoms with Gasteiger partial charge in [-0.1, -0.05) is 0 Å². The first-order valence-electron chi connectivity index (χ1n) is 6.44. The molecule has 0 aromatic carbocycles. The predicted octanol–water partition coefficient (Wildman–Crippen LogP) is -4.15. The van der Waals surface area contributed by atoms with Crippen molar-refractivity contribution in [3.63, 3.8) is 0 Å². The van der Waals surface area contributed by atoms with Crippen molar-refractivity contribution in [3.05, 3.63) is 0 Å². The van der Waals surface area contributed by atoms with E-state index >= 15 is 0 Å². The van der Waals surface area contributed by atoms with Crippen LogP contribution in [0.15, 0.2) is 0 Å². The SMILES string of the molecule is NCC(=O)NC(O)(CCCC(O)(NC(=O)CN)C(=O)O)C(=O)O. The Labute approximate surface area is 130 Å². The molecule has 0 aliphatic rings. The van der Waals surface area contributed by atoms with E-state index < -0.39 is 61.1 Å². The van der Waals surface area contributed by atoms with E-state index in [4.69, 9.17) is 21.7 Å². The zero-order valence-electron chi connectivity index (χ0n) is 12.1. The van der Waals surface area contributed by atoms with Gasteiger partial charge in [-0.2, -0.15) is 0 Å². The highest BCUT2D eigenvalue weighted by molar-refractivity contribution is 5.87. The maximum absolute atomic E-state index is 11.1. The summed E-state index contributed by atoms with van der Waals surface area (Å²) in [5.41, 5.74) is 4.61. The second kappa shape index (κ2) is 8.38. The van der Waals surface area contributed by atoms with Crippen LogP contribution in [0.2, 0.25) is 0 Å². The van der Waals surface area contributed by atoms with Crippen molar-refractivity contribution in [1.29, 1.82) is 0 Å². The van der Waals surface area contributed by atoms with Crippen molar-refractivity contribution < 1.29 is 39.6 Å². The third-order valence-electron chi connectivity index (χ3n) is 2.85. The molecule has 0 aromatic rings. The Bertz CT molecular complexity index is 443. The average Bonchev–Trinajstić information content (AvgIpc) is 2.46. The maximum Gasteiger partial charge on any atom is 0.357 e. The van der Waals surface area contributed by atoms with Crippen LogP contribution in [-0.2, 0) is 19.2 Å². The molecule has 2 unspecified atom stereocenters. The van der Waals surface area contributed by atoms with E-state index in [1.807, 2.05) is 0 Å². The Morgan fingerprint density at radius 2 is 1.09 bits per heavy atom. The summed E-state index contributed by atoms with van der Waals surface area (Å²) in [5, 5.41) is 41.0. The highest BCUT2D eigenvalue weighted by atomic mass is 16.4. The standard InChI is InChI=1S/C11H20N4O8/c12-4-6(16)14-10(22,8(18)19)2-1-3-11(23,9(20)21)15-7(17)5-13/h22-23H,1-5,12-13H2,(H,14,16)(H,15,17)(H,18,19)(H,20,21). The van der Waals surface area contributed by atoms with Gasteiger partial charge >= 0.3 is 11.9 Å². The molecule has 0 aliphatic carbocycles. The van der Waals surface area contributed by atoms with Gasteiger partial charge < -0.3 is 42.5 Å². The van der Waals surface area contributed by atoms with Crippen LogP contribution in [0.5, 0.6) is 0 Å². The molecule has 0 saturated carbocycles. The smallest absolute Gasteiger partial charge is 0.357 e. The summed E-state index contributed by atoms with van der Waals surface area (Å²) in [6.45, 7) is -1.14. The molecule has 132 valence electrons. The van der Waals surface area contributed by atoms with Crippen LogP contribution in [0.25, 0.3) is 0 Å². The van der Waals surface area contributed by atoms with E-state index in [2.05, 4.69) is 0 Å². The largest absolute Gasteiger partial charge is 0.478 e. The molecular formula is C11H20N4O8. The van der Waals surface area contributed by atoms with Gasteiger partial charge in [0.1, 0.15) is 0 Å². The third-order valence-corrected chi connectivity index (χ3v) is 2.85. The van der Waals surface area contributed by atoms with Gasteiger partial charge in [0.05, 0.1) is 13.1 Å². The third kappa shape index (κ3) is 6.15. The van der Waals surface area contributed by atoms with E-state index in [1.54, 1.807) is 10.6 Å². The molecule has 0 rings (SSSR count). The topological polar surface area (TPSA) is 225 Å². The molecule has 12 heteroatoms. The van der Waals surface area contributed by atoms with E-state index in [0.29, 0.717) is 0 Å². The molecule has 0 spiro atoms. The van der Waals surface area contributed by atoms with Gasteiger partial charge in [-0.3, -0.25) is 9.59 Å². The summed E-state index contributed by atoms with van der Waals surface area (Å²) >= 11 is 0. The molecule has 23 heavy (non-hydrogen) atoms. The monoisotopic (exact) mass is 336 g/mol. The Morgan fingerprint density at radius 1 is 0.783 bits per heavy atom. The molecule has 0 aromatic heterocycles. The minimum absolute atomic E-state index is 0.374. The molecule has 2 atom stereocenters. The fourth-order valence-electron chi connectivity index (χ4n) is 1.61. The van der Waals surface area contributed by atoms with Crippen LogP contribution in [0.4, 0.5) is 0 Å². The van der Waals surface area contributed by atoms with Crippen LogP contribution < -0.4 is 22.1 Å². The lowest BCUT2D eigenvalue weighted by Crippen LogP contribution is -2.58. The molecule has 0 aliphatic heterocycles. The summed E-state index contributed by atoms with van der Waals surface area (Å²) in [6.07, 6.45) is -1.65. The highest BCUT2D eigenvalue weighted by Gasteiger charge is 2.41. The zero-order valence-corrected chi connectivity index (χ0v) is 12.1. The lowest BCUT2D eigenvalue weighted by molar-refractivity contribution is -0.170. The van der Waals surface area contributed by atoms with Crippen molar-refractivity contribution in [2.24, 2.45) is 11.5 Å².